The van der Waals surface area contributed by atoms with Crippen molar-refractivity contribution in [3.05, 3.63) is 115 Å². The zero-order chi connectivity index (χ0) is 31.1. The number of anilines is 2. The number of hydrogen-bond donors (Lipinski definition) is 1. The van der Waals surface area contributed by atoms with Crippen LogP contribution in [0.5, 0.6) is 23.0 Å². The Morgan fingerprint density at radius 3 is 2.00 bits per heavy atom. The molecule has 0 spiro atoms. The van der Waals surface area contributed by atoms with Crippen LogP contribution in [-0.2, 0) is 17.9 Å². The van der Waals surface area contributed by atoms with Crippen molar-refractivity contribution in [2.24, 2.45) is 0 Å². The maximum absolute atomic E-state index is 11.8. The van der Waals surface area contributed by atoms with Gasteiger partial charge in [0, 0.05) is 59.3 Å². The summed E-state index contributed by atoms with van der Waals surface area (Å²) in [6.07, 6.45) is 3.08. The van der Waals surface area contributed by atoms with Crippen molar-refractivity contribution in [3.8, 4) is 34.1 Å². The highest BCUT2D eigenvalue weighted by Crippen LogP contribution is 2.35. The number of carbonyl (C=O) groups excluding carboxylic acids is 1. The third-order valence-electron chi connectivity index (χ3n) is 7.42. The molecule has 0 aliphatic rings. The summed E-state index contributed by atoms with van der Waals surface area (Å²) in [6.45, 7) is 4.63. The zero-order valence-electron chi connectivity index (χ0n) is 25.3. The van der Waals surface area contributed by atoms with Crippen LogP contribution in [0.3, 0.4) is 0 Å². The third-order valence-corrected chi connectivity index (χ3v) is 7.42. The van der Waals surface area contributed by atoms with Crippen LogP contribution in [0.1, 0.15) is 11.1 Å². The van der Waals surface area contributed by atoms with E-state index in [9.17, 15) is 4.79 Å². The van der Waals surface area contributed by atoms with Gasteiger partial charge >= 0.3 is 0 Å². The van der Waals surface area contributed by atoms with Crippen molar-refractivity contribution in [1.29, 1.82) is 0 Å². The van der Waals surface area contributed by atoms with Gasteiger partial charge in [0.15, 0.2) is 0 Å². The first-order chi connectivity index (χ1) is 21.5. The number of fused-ring (bicyclic) bond motifs is 1. The SMILES string of the molecule is C=CC(=O)Nc1cccc(-c2ccc3c(N(Cc4ccc(OC)cc4OC)Cc4ccc(OC)cc4OC)ccnc3c2)c1. The standard InChI is InChI=1S/C36H35N3O5/c1-6-36(40)38-28-9-7-8-24(18-28)25-12-15-31-32(19-25)37-17-16-33(31)39(22-26-10-13-29(41-2)20-34(26)43-4)23-27-11-14-30(42-3)21-35(27)44-5/h6-21H,1,22-23H2,2-5H3,(H,38,40). The Kier molecular flexibility index (Phi) is 9.30. The second kappa shape index (κ2) is 13.6. The molecule has 1 amide bonds. The molecule has 0 aliphatic heterocycles. The normalized spacial score (nSPS) is 10.6. The molecular formula is C36H35N3O5. The minimum atomic E-state index is -0.256. The van der Waals surface area contributed by atoms with E-state index in [1.807, 2.05) is 72.9 Å². The maximum Gasteiger partial charge on any atom is 0.247 e. The number of nitrogens with one attached hydrogen (secondary N) is 1. The van der Waals surface area contributed by atoms with Gasteiger partial charge in [0.1, 0.15) is 23.0 Å². The highest BCUT2D eigenvalue weighted by molar-refractivity contribution is 5.99. The number of rotatable bonds is 12. The molecule has 0 bridgehead atoms. The lowest BCUT2D eigenvalue weighted by atomic mass is 10.0. The molecule has 5 aromatic rings. The van der Waals surface area contributed by atoms with E-state index in [1.54, 1.807) is 28.4 Å². The molecule has 0 saturated carbocycles. The lowest BCUT2D eigenvalue weighted by Gasteiger charge is -2.28. The van der Waals surface area contributed by atoms with Gasteiger partial charge in [-0.25, -0.2) is 0 Å². The van der Waals surface area contributed by atoms with Gasteiger partial charge in [0.05, 0.1) is 34.0 Å². The fraction of sp³-hybridized carbons (Fsp3) is 0.167. The van der Waals surface area contributed by atoms with Crippen molar-refractivity contribution in [1.82, 2.24) is 4.98 Å². The lowest BCUT2D eigenvalue weighted by molar-refractivity contribution is -0.111. The first-order valence-corrected chi connectivity index (χ1v) is 14.1. The van der Waals surface area contributed by atoms with E-state index in [0.29, 0.717) is 18.8 Å². The summed E-state index contributed by atoms with van der Waals surface area (Å²) in [4.78, 5) is 18.9. The Morgan fingerprint density at radius 2 is 1.41 bits per heavy atom. The number of nitrogens with zero attached hydrogens (tertiary/aromatic N) is 2. The van der Waals surface area contributed by atoms with E-state index in [1.165, 1.54) is 6.08 Å². The number of methoxy groups -OCH3 is 4. The largest absolute Gasteiger partial charge is 0.497 e. The predicted octanol–water partition coefficient (Wildman–Crippen LogP) is 7.27. The van der Waals surface area contributed by atoms with Gasteiger partial charge in [-0.2, -0.15) is 0 Å². The average molecular weight is 590 g/mol. The molecule has 0 fully saturated rings. The fourth-order valence-electron chi connectivity index (χ4n) is 5.16. The van der Waals surface area contributed by atoms with E-state index in [0.717, 1.165) is 61.8 Å². The molecule has 1 N–H and O–H groups in total. The lowest BCUT2D eigenvalue weighted by Crippen LogP contribution is -2.23. The van der Waals surface area contributed by atoms with Crippen LogP contribution >= 0.6 is 0 Å². The summed E-state index contributed by atoms with van der Waals surface area (Å²) in [6, 6.07) is 27.7. The van der Waals surface area contributed by atoms with Crippen LogP contribution in [0.2, 0.25) is 0 Å². The van der Waals surface area contributed by atoms with Gasteiger partial charge in [0.2, 0.25) is 5.91 Å². The molecular weight excluding hydrogens is 554 g/mol. The number of hydrogen-bond acceptors (Lipinski definition) is 7. The van der Waals surface area contributed by atoms with Gasteiger partial charge in [-0.1, -0.05) is 30.8 Å². The highest BCUT2D eigenvalue weighted by atomic mass is 16.5. The van der Waals surface area contributed by atoms with Crippen molar-refractivity contribution in [2.45, 2.75) is 13.1 Å². The number of benzene rings is 4. The molecule has 0 atom stereocenters. The van der Waals surface area contributed by atoms with E-state index < -0.39 is 0 Å². The summed E-state index contributed by atoms with van der Waals surface area (Å²) in [5.74, 6) is 2.67. The number of carbonyl (C=O) groups is 1. The Hall–Kier alpha value is -5.50. The van der Waals surface area contributed by atoms with Crippen LogP contribution in [0.15, 0.2) is 104 Å². The summed E-state index contributed by atoms with van der Waals surface area (Å²) in [5, 5.41) is 3.82. The topological polar surface area (TPSA) is 82.2 Å². The van der Waals surface area contributed by atoms with Gasteiger partial charge in [-0.15, -0.1) is 0 Å². The van der Waals surface area contributed by atoms with Crippen molar-refractivity contribution in [3.63, 3.8) is 0 Å². The van der Waals surface area contributed by atoms with Crippen molar-refractivity contribution in [2.75, 3.05) is 38.7 Å². The molecule has 5 rings (SSSR count). The average Bonchev–Trinajstić information content (AvgIpc) is 3.07. The number of amides is 1. The summed E-state index contributed by atoms with van der Waals surface area (Å²) in [7, 11) is 6.61. The smallest absolute Gasteiger partial charge is 0.247 e. The van der Waals surface area contributed by atoms with Crippen molar-refractivity contribution < 1.29 is 23.7 Å². The maximum atomic E-state index is 11.8. The molecule has 0 saturated heterocycles. The molecule has 44 heavy (non-hydrogen) atoms. The second-order valence-corrected chi connectivity index (χ2v) is 10.0. The number of pyridine rings is 1. The number of ether oxygens (including phenoxy) is 4. The van der Waals surface area contributed by atoms with Crippen LogP contribution < -0.4 is 29.2 Å². The second-order valence-electron chi connectivity index (χ2n) is 10.0. The Bertz CT molecular complexity index is 1750. The third kappa shape index (κ3) is 6.60. The van der Waals surface area contributed by atoms with Crippen molar-refractivity contribution >= 4 is 28.2 Å². The van der Waals surface area contributed by atoms with E-state index in [4.69, 9.17) is 23.9 Å². The molecule has 4 aromatic carbocycles. The quantitative estimate of drug-likeness (QED) is 0.153. The molecule has 8 nitrogen and oxygen atoms in total. The molecule has 224 valence electrons. The minimum Gasteiger partial charge on any atom is -0.497 e. The first kappa shape index (κ1) is 30.0. The van der Waals surface area contributed by atoms with Gasteiger partial charge < -0.3 is 29.2 Å². The Morgan fingerprint density at radius 1 is 0.773 bits per heavy atom. The van der Waals surface area contributed by atoms with E-state index in [2.05, 4.69) is 35.0 Å². The summed E-state index contributed by atoms with van der Waals surface area (Å²) in [5.41, 5.74) is 6.49. The summed E-state index contributed by atoms with van der Waals surface area (Å²) < 4.78 is 22.4. The predicted molar refractivity (Wildman–Crippen MR) is 175 cm³/mol. The number of aromatic nitrogens is 1. The molecule has 1 heterocycles. The molecule has 1 aromatic heterocycles. The van der Waals surface area contributed by atoms with E-state index in [-0.39, 0.29) is 5.91 Å². The Labute approximate surface area is 257 Å². The van der Waals surface area contributed by atoms with Gasteiger partial charge in [-0.05, 0) is 65.7 Å². The van der Waals surface area contributed by atoms with Crippen LogP contribution in [-0.4, -0.2) is 39.3 Å². The van der Waals surface area contributed by atoms with Gasteiger partial charge in [-0.3, -0.25) is 9.78 Å². The van der Waals surface area contributed by atoms with Gasteiger partial charge in [0.25, 0.3) is 0 Å². The van der Waals surface area contributed by atoms with E-state index >= 15 is 0 Å². The van der Waals surface area contributed by atoms with Crippen LogP contribution in [0.4, 0.5) is 11.4 Å². The molecule has 0 aliphatic carbocycles. The first-order valence-electron chi connectivity index (χ1n) is 14.1. The molecule has 0 unspecified atom stereocenters. The minimum absolute atomic E-state index is 0.256. The molecule has 0 radical (unpaired) electrons. The Balaban J connectivity index is 1.57. The monoisotopic (exact) mass is 589 g/mol. The summed E-state index contributed by atoms with van der Waals surface area (Å²) >= 11 is 0. The van der Waals surface area contributed by atoms with Crippen LogP contribution in [0, 0.1) is 0 Å². The zero-order valence-corrected chi connectivity index (χ0v) is 25.3. The fourth-order valence-corrected chi connectivity index (χ4v) is 5.16. The van der Waals surface area contributed by atoms with Crippen LogP contribution in [0.25, 0.3) is 22.0 Å². The molecule has 8 heteroatoms. The highest BCUT2D eigenvalue weighted by Gasteiger charge is 2.18.